The summed E-state index contributed by atoms with van der Waals surface area (Å²) in [4.78, 5) is 13.7. The van der Waals surface area contributed by atoms with Crippen molar-refractivity contribution < 1.29 is 15.0 Å². The van der Waals surface area contributed by atoms with Gasteiger partial charge in [0.25, 0.3) is 0 Å². The van der Waals surface area contributed by atoms with Gasteiger partial charge in [0.1, 0.15) is 6.10 Å². The fraction of sp³-hybridized carbons (Fsp3) is 0.250. The predicted molar refractivity (Wildman–Crippen MR) is 68.5 cm³/mol. The lowest BCUT2D eigenvalue weighted by molar-refractivity contribution is 0.0338. The van der Waals surface area contributed by atoms with E-state index in [4.69, 9.17) is 0 Å². The molecule has 0 saturated heterocycles. The quantitative estimate of drug-likeness (QED) is 0.489. The Bertz CT molecular complexity index is 538. The van der Waals surface area contributed by atoms with E-state index >= 15 is 0 Å². The first-order valence-electron chi connectivity index (χ1n) is 5.20. The summed E-state index contributed by atoms with van der Waals surface area (Å²) in [6.45, 7) is 0. The summed E-state index contributed by atoms with van der Waals surface area (Å²) in [5.41, 5.74) is 1.93. The molecule has 90 valence electrons. The Morgan fingerprint density at radius 2 is 2.18 bits per heavy atom. The second-order valence-electron chi connectivity index (χ2n) is 3.86. The first-order valence-corrected chi connectivity index (χ1v) is 5.84. The van der Waals surface area contributed by atoms with Crippen molar-refractivity contribution in [2.45, 2.75) is 12.2 Å². The molecule has 0 amide bonds. The third-order valence-electron chi connectivity index (χ3n) is 2.76. The zero-order chi connectivity index (χ0) is 12.4. The number of aromatic amines is 1. The Kier molecular flexibility index (Phi) is 3.51. The average molecular weight is 251 g/mol. The number of nitrogens with one attached hydrogen (secondary N) is 1. The van der Waals surface area contributed by atoms with E-state index in [1.807, 2.05) is 0 Å². The van der Waals surface area contributed by atoms with Crippen LogP contribution in [0.1, 0.15) is 22.0 Å². The van der Waals surface area contributed by atoms with Crippen molar-refractivity contribution in [3.8, 4) is 0 Å². The second-order valence-corrected chi connectivity index (χ2v) is 4.23. The normalized spacial score (nSPS) is 14.8. The third kappa shape index (κ3) is 2.22. The molecule has 1 aromatic heterocycles. The molecule has 0 aliphatic rings. The highest BCUT2D eigenvalue weighted by molar-refractivity contribution is 7.80. The number of hydrogen-bond acceptors (Lipinski definition) is 4. The summed E-state index contributed by atoms with van der Waals surface area (Å²) in [7, 11) is 0. The number of hydrogen-bond donors (Lipinski definition) is 4. The van der Waals surface area contributed by atoms with Gasteiger partial charge in [-0.05, 0) is 11.6 Å². The molecule has 1 aromatic carbocycles. The van der Waals surface area contributed by atoms with E-state index in [1.165, 1.54) is 0 Å². The smallest absolute Gasteiger partial charge is 0.152 e. The van der Waals surface area contributed by atoms with Gasteiger partial charge in [-0.15, -0.1) is 0 Å². The van der Waals surface area contributed by atoms with E-state index in [1.54, 1.807) is 24.4 Å². The third-order valence-corrected chi connectivity index (χ3v) is 3.13. The van der Waals surface area contributed by atoms with Crippen LogP contribution >= 0.6 is 12.6 Å². The van der Waals surface area contributed by atoms with Gasteiger partial charge < -0.3 is 15.2 Å². The van der Waals surface area contributed by atoms with Crippen LogP contribution in [0.25, 0.3) is 10.9 Å². The Balaban J connectivity index is 2.41. The fourth-order valence-electron chi connectivity index (χ4n) is 1.77. The lowest BCUT2D eigenvalue weighted by atomic mass is 10.0. The molecule has 2 unspecified atom stereocenters. The van der Waals surface area contributed by atoms with Crippen LogP contribution in [0.4, 0.5) is 0 Å². The molecule has 5 heteroatoms. The molecule has 0 bridgehead atoms. The zero-order valence-corrected chi connectivity index (χ0v) is 9.89. The molecule has 0 aliphatic carbocycles. The SMILES string of the molecule is O=Cc1c[nH]c2cc(C(O)C(O)CS)ccc12. The van der Waals surface area contributed by atoms with Gasteiger partial charge in [0.05, 0.1) is 6.10 Å². The van der Waals surface area contributed by atoms with Gasteiger partial charge in [-0.25, -0.2) is 0 Å². The maximum atomic E-state index is 10.7. The first kappa shape index (κ1) is 12.2. The van der Waals surface area contributed by atoms with E-state index in [9.17, 15) is 15.0 Å². The number of fused-ring (bicyclic) bond motifs is 1. The van der Waals surface area contributed by atoms with Crippen molar-refractivity contribution in [3.63, 3.8) is 0 Å². The number of benzene rings is 1. The molecule has 4 nitrogen and oxygen atoms in total. The van der Waals surface area contributed by atoms with Crippen molar-refractivity contribution in [1.29, 1.82) is 0 Å². The summed E-state index contributed by atoms with van der Waals surface area (Å²) >= 11 is 3.93. The Morgan fingerprint density at radius 3 is 2.82 bits per heavy atom. The molecule has 2 rings (SSSR count). The van der Waals surface area contributed by atoms with Crippen LogP contribution in [0.3, 0.4) is 0 Å². The number of carbonyl (C=O) groups excluding carboxylic acids is 1. The minimum Gasteiger partial charge on any atom is -0.389 e. The van der Waals surface area contributed by atoms with Crippen molar-refractivity contribution in [1.82, 2.24) is 4.98 Å². The molecule has 0 saturated carbocycles. The summed E-state index contributed by atoms with van der Waals surface area (Å²) in [5.74, 6) is 0.184. The van der Waals surface area contributed by atoms with Crippen LogP contribution in [0.15, 0.2) is 24.4 Å². The largest absolute Gasteiger partial charge is 0.389 e. The molecule has 17 heavy (non-hydrogen) atoms. The van der Waals surface area contributed by atoms with E-state index in [0.29, 0.717) is 11.1 Å². The summed E-state index contributed by atoms with van der Waals surface area (Å²) in [6.07, 6.45) is 0.511. The van der Waals surface area contributed by atoms with Gasteiger partial charge in [-0.1, -0.05) is 12.1 Å². The van der Waals surface area contributed by atoms with Crippen LogP contribution in [0.2, 0.25) is 0 Å². The molecule has 3 N–H and O–H groups in total. The Morgan fingerprint density at radius 1 is 1.41 bits per heavy atom. The minimum absolute atomic E-state index is 0.184. The molecular formula is C12H13NO3S. The molecule has 1 heterocycles. The number of aldehydes is 1. The Labute approximate surface area is 104 Å². The molecule has 0 spiro atoms. The molecule has 0 fully saturated rings. The highest BCUT2D eigenvalue weighted by Gasteiger charge is 2.17. The summed E-state index contributed by atoms with van der Waals surface area (Å²) in [5, 5.41) is 20.1. The number of aromatic nitrogens is 1. The standard InChI is InChI=1S/C12H13NO3S/c14-5-8-4-13-10-3-7(1-2-9(8)10)12(16)11(15)6-17/h1-5,11-13,15-17H,6H2. The van der Waals surface area contributed by atoms with Crippen molar-refractivity contribution in [2.75, 3.05) is 5.75 Å². The topological polar surface area (TPSA) is 73.3 Å². The molecule has 0 aliphatic heterocycles. The van der Waals surface area contributed by atoms with Crippen LogP contribution in [-0.4, -0.2) is 33.3 Å². The molecule has 0 radical (unpaired) electrons. The van der Waals surface area contributed by atoms with Gasteiger partial charge in [-0.3, -0.25) is 4.79 Å². The van der Waals surface area contributed by atoms with E-state index in [2.05, 4.69) is 17.6 Å². The Hall–Kier alpha value is -1.30. The zero-order valence-electron chi connectivity index (χ0n) is 9.00. The van der Waals surface area contributed by atoms with Crippen molar-refractivity contribution in [3.05, 3.63) is 35.5 Å². The monoisotopic (exact) mass is 251 g/mol. The maximum Gasteiger partial charge on any atom is 0.152 e. The van der Waals surface area contributed by atoms with Crippen molar-refractivity contribution in [2.24, 2.45) is 0 Å². The van der Waals surface area contributed by atoms with Gasteiger partial charge in [0.15, 0.2) is 6.29 Å². The fourth-order valence-corrected chi connectivity index (χ4v) is 1.97. The van der Waals surface area contributed by atoms with Gasteiger partial charge in [0.2, 0.25) is 0 Å². The highest BCUT2D eigenvalue weighted by atomic mass is 32.1. The number of aliphatic hydroxyl groups is 2. The molecule has 2 atom stereocenters. The highest BCUT2D eigenvalue weighted by Crippen LogP contribution is 2.24. The maximum absolute atomic E-state index is 10.7. The van der Waals surface area contributed by atoms with Gasteiger partial charge in [0, 0.05) is 28.4 Å². The van der Waals surface area contributed by atoms with Crippen molar-refractivity contribution >= 4 is 29.8 Å². The lowest BCUT2D eigenvalue weighted by Gasteiger charge is -2.16. The second kappa shape index (κ2) is 4.91. The molecule has 2 aromatic rings. The number of aliphatic hydroxyl groups excluding tert-OH is 2. The van der Waals surface area contributed by atoms with E-state index in [0.717, 1.165) is 17.2 Å². The summed E-state index contributed by atoms with van der Waals surface area (Å²) < 4.78 is 0. The van der Waals surface area contributed by atoms with E-state index in [-0.39, 0.29) is 5.75 Å². The summed E-state index contributed by atoms with van der Waals surface area (Å²) in [6, 6.07) is 5.17. The van der Waals surface area contributed by atoms with Gasteiger partial charge >= 0.3 is 0 Å². The van der Waals surface area contributed by atoms with Gasteiger partial charge in [-0.2, -0.15) is 12.6 Å². The van der Waals surface area contributed by atoms with Crippen LogP contribution < -0.4 is 0 Å². The number of rotatable bonds is 4. The van der Waals surface area contributed by atoms with Crippen LogP contribution in [0.5, 0.6) is 0 Å². The minimum atomic E-state index is -0.972. The first-order chi connectivity index (χ1) is 8.17. The molecular weight excluding hydrogens is 238 g/mol. The van der Waals surface area contributed by atoms with Crippen LogP contribution in [-0.2, 0) is 0 Å². The number of carbonyl (C=O) groups is 1. The predicted octanol–water partition coefficient (Wildman–Crippen LogP) is 1.30. The van der Waals surface area contributed by atoms with Crippen LogP contribution in [0, 0.1) is 0 Å². The average Bonchev–Trinajstić information content (AvgIpc) is 2.78. The number of H-pyrrole nitrogens is 1. The lowest BCUT2D eigenvalue weighted by Crippen LogP contribution is -2.19. The van der Waals surface area contributed by atoms with E-state index < -0.39 is 12.2 Å². The number of thiol groups is 1.